The van der Waals surface area contributed by atoms with Crippen molar-refractivity contribution < 1.29 is 0 Å². The molecule has 144 valence electrons. The first-order chi connectivity index (χ1) is 13.5. The molecule has 1 atom stereocenters. The molecule has 0 amide bonds. The summed E-state index contributed by atoms with van der Waals surface area (Å²) in [5.74, 6) is 0. The first kappa shape index (κ1) is 18.5. The molecule has 5 nitrogen and oxygen atoms in total. The van der Waals surface area contributed by atoms with Crippen LogP contribution in [0.1, 0.15) is 25.3 Å². The van der Waals surface area contributed by atoms with Crippen LogP contribution in [-0.4, -0.2) is 22.4 Å². The number of hydrogen-bond acceptors (Lipinski definition) is 2. The topological polar surface area (TPSA) is 59.8 Å². The Morgan fingerprint density at radius 1 is 0.964 bits per heavy atom. The van der Waals surface area contributed by atoms with Crippen LogP contribution in [0.5, 0.6) is 0 Å². The van der Waals surface area contributed by atoms with Crippen LogP contribution in [0.15, 0.2) is 81.5 Å². The molecule has 3 aromatic rings. The van der Waals surface area contributed by atoms with Gasteiger partial charge in [0, 0.05) is 0 Å². The highest BCUT2D eigenvalue weighted by Crippen LogP contribution is 2.31. The average molecular weight is 392 g/mol. The molecule has 0 radical (unpaired) electrons. The lowest BCUT2D eigenvalue weighted by atomic mass is 10.0. The van der Waals surface area contributed by atoms with Crippen molar-refractivity contribution in [2.75, 3.05) is 0 Å². The Morgan fingerprint density at radius 3 is 2.29 bits per heavy atom. The van der Waals surface area contributed by atoms with E-state index in [1.807, 2.05) is 24.3 Å². The summed E-state index contributed by atoms with van der Waals surface area (Å²) in [7, 11) is -1.79. The SMILES string of the molecule is C[Si](C)(C1=CC(n2[nH]c(=O)n(-c3ccccc3)c2=O)CCC1)c1ccccc1. The fraction of sp³-hybridized carbons (Fsp3) is 0.273. The molecule has 0 saturated heterocycles. The Balaban J connectivity index is 1.74. The summed E-state index contributed by atoms with van der Waals surface area (Å²) in [6.07, 6.45) is 5.17. The standard InChI is InChI=1S/C22H25N3O2Si/c1-28(2,19-13-7-4-8-14-19)20-15-9-12-18(16-20)25-22(27)24(21(26)23-25)17-10-5-3-6-11-17/h3-8,10-11,13-14,16,18H,9,12,15H2,1-2H3,(H,23,26). The van der Waals surface area contributed by atoms with E-state index in [0.717, 1.165) is 19.3 Å². The lowest BCUT2D eigenvalue weighted by Crippen LogP contribution is -2.45. The van der Waals surface area contributed by atoms with Gasteiger partial charge in [0.05, 0.1) is 11.7 Å². The Bertz CT molecular complexity index is 1110. The maximum Gasteiger partial charge on any atom is 0.352 e. The monoisotopic (exact) mass is 391 g/mol. The van der Waals surface area contributed by atoms with Crippen LogP contribution in [0.2, 0.25) is 13.1 Å². The molecule has 1 aliphatic rings. The van der Waals surface area contributed by atoms with Crippen LogP contribution in [0.4, 0.5) is 0 Å². The van der Waals surface area contributed by atoms with Gasteiger partial charge in [-0.2, -0.15) is 0 Å². The minimum absolute atomic E-state index is 0.107. The molecule has 6 heteroatoms. The normalized spacial score (nSPS) is 17.4. The van der Waals surface area contributed by atoms with Gasteiger partial charge in [-0.25, -0.2) is 23.9 Å². The molecule has 1 unspecified atom stereocenters. The second-order valence-electron chi connectivity index (χ2n) is 7.88. The first-order valence-electron chi connectivity index (χ1n) is 9.74. The van der Waals surface area contributed by atoms with Crippen molar-refractivity contribution in [3.05, 3.63) is 92.9 Å². The molecule has 0 bridgehead atoms. The van der Waals surface area contributed by atoms with Crippen molar-refractivity contribution in [3.63, 3.8) is 0 Å². The van der Waals surface area contributed by atoms with E-state index >= 15 is 0 Å². The van der Waals surface area contributed by atoms with Gasteiger partial charge in [0.25, 0.3) is 0 Å². The largest absolute Gasteiger partial charge is 0.352 e. The van der Waals surface area contributed by atoms with Gasteiger partial charge < -0.3 is 0 Å². The highest BCUT2D eigenvalue weighted by Gasteiger charge is 2.31. The molecule has 4 rings (SSSR count). The lowest BCUT2D eigenvalue weighted by Gasteiger charge is -2.31. The van der Waals surface area contributed by atoms with Crippen LogP contribution in [0, 0.1) is 0 Å². The fourth-order valence-corrected chi connectivity index (χ4v) is 6.90. The van der Waals surface area contributed by atoms with Crippen molar-refractivity contribution >= 4 is 13.3 Å². The van der Waals surface area contributed by atoms with E-state index in [4.69, 9.17) is 0 Å². The predicted octanol–water partition coefficient (Wildman–Crippen LogP) is 3.13. The third-order valence-electron chi connectivity index (χ3n) is 5.80. The maximum atomic E-state index is 13.0. The Morgan fingerprint density at radius 2 is 1.61 bits per heavy atom. The molecule has 0 aliphatic heterocycles. The van der Waals surface area contributed by atoms with Gasteiger partial charge in [-0.15, -0.1) is 0 Å². The molecule has 1 heterocycles. The number of nitrogens with zero attached hydrogens (tertiary/aromatic N) is 2. The number of rotatable bonds is 4. The zero-order chi connectivity index (χ0) is 19.7. The first-order valence-corrected chi connectivity index (χ1v) is 12.7. The number of aromatic amines is 1. The van der Waals surface area contributed by atoms with Crippen LogP contribution >= 0.6 is 0 Å². The average Bonchev–Trinajstić information content (AvgIpc) is 3.03. The van der Waals surface area contributed by atoms with Gasteiger partial charge in [-0.3, -0.25) is 0 Å². The highest BCUT2D eigenvalue weighted by molar-refractivity contribution is 6.95. The van der Waals surface area contributed by atoms with E-state index in [1.165, 1.54) is 19.6 Å². The van der Waals surface area contributed by atoms with Crippen molar-refractivity contribution in [1.82, 2.24) is 14.3 Å². The summed E-state index contributed by atoms with van der Waals surface area (Å²) >= 11 is 0. The molecule has 0 fully saturated rings. The molecule has 1 N–H and O–H groups in total. The van der Waals surface area contributed by atoms with Crippen molar-refractivity contribution in [2.24, 2.45) is 0 Å². The van der Waals surface area contributed by atoms with E-state index in [9.17, 15) is 9.59 Å². The van der Waals surface area contributed by atoms with Gasteiger partial charge in [-0.1, -0.05) is 78.1 Å². The van der Waals surface area contributed by atoms with Crippen molar-refractivity contribution in [1.29, 1.82) is 0 Å². The Hall–Kier alpha value is -2.86. The Labute approximate surface area is 165 Å². The summed E-state index contributed by atoms with van der Waals surface area (Å²) in [5, 5.41) is 5.61. The smallest absolute Gasteiger partial charge is 0.246 e. The molecule has 1 aromatic heterocycles. The van der Waals surface area contributed by atoms with Gasteiger partial charge in [-0.05, 0) is 31.4 Å². The number of aromatic nitrogens is 3. The molecule has 28 heavy (non-hydrogen) atoms. The number of para-hydroxylation sites is 1. The fourth-order valence-electron chi connectivity index (χ4n) is 4.09. The number of allylic oxidation sites excluding steroid dienone is 2. The van der Waals surface area contributed by atoms with E-state index in [1.54, 1.807) is 12.1 Å². The van der Waals surface area contributed by atoms with Crippen LogP contribution in [0.3, 0.4) is 0 Å². The lowest BCUT2D eigenvalue weighted by molar-refractivity contribution is 0.455. The van der Waals surface area contributed by atoms with E-state index in [-0.39, 0.29) is 11.7 Å². The summed E-state index contributed by atoms with van der Waals surface area (Å²) in [4.78, 5) is 25.5. The summed E-state index contributed by atoms with van der Waals surface area (Å²) in [6.45, 7) is 4.72. The molecular weight excluding hydrogens is 366 g/mol. The second kappa shape index (κ2) is 7.28. The minimum atomic E-state index is -1.79. The number of benzene rings is 2. The van der Waals surface area contributed by atoms with Gasteiger partial charge in [0.2, 0.25) is 0 Å². The number of nitrogens with one attached hydrogen (secondary N) is 1. The van der Waals surface area contributed by atoms with E-state index < -0.39 is 13.8 Å². The third kappa shape index (κ3) is 3.24. The Kier molecular flexibility index (Phi) is 4.81. The third-order valence-corrected chi connectivity index (χ3v) is 9.60. The quantitative estimate of drug-likeness (QED) is 0.695. The van der Waals surface area contributed by atoms with Crippen LogP contribution in [0.25, 0.3) is 5.69 Å². The van der Waals surface area contributed by atoms with Gasteiger partial charge in [0.15, 0.2) is 0 Å². The predicted molar refractivity (Wildman–Crippen MR) is 115 cm³/mol. The number of hydrogen-bond donors (Lipinski definition) is 1. The molecule has 0 spiro atoms. The van der Waals surface area contributed by atoms with Crippen LogP contribution in [-0.2, 0) is 0 Å². The second-order valence-corrected chi connectivity index (χ2v) is 12.4. The van der Waals surface area contributed by atoms with E-state index in [0.29, 0.717) is 5.69 Å². The van der Waals surface area contributed by atoms with Gasteiger partial charge in [0.1, 0.15) is 8.07 Å². The maximum absolute atomic E-state index is 13.0. The highest BCUT2D eigenvalue weighted by atomic mass is 28.3. The minimum Gasteiger partial charge on any atom is -0.246 e. The summed E-state index contributed by atoms with van der Waals surface area (Å²) in [6, 6.07) is 19.6. The molecule has 1 aliphatic carbocycles. The zero-order valence-corrected chi connectivity index (χ0v) is 17.3. The molecule has 0 saturated carbocycles. The molecule has 2 aromatic carbocycles. The zero-order valence-electron chi connectivity index (χ0n) is 16.3. The summed E-state index contributed by atoms with van der Waals surface area (Å²) in [5.41, 5.74) is -0.110. The number of H-pyrrole nitrogens is 1. The van der Waals surface area contributed by atoms with Crippen molar-refractivity contribution in [2.45, 2.75) is 38.4 Å². The van der Waals surface area contributed by atoms with E-state index in [2.05, 4.69) is 48.5 Å². The summed E-state index contributed by atoms with van der Waals surface area (Å²) < 4.78 is 2.71. The van der Waals surface area contributed by atoms with Crippen LogP contribution < -0.4 is 16.6 Å². The molecular formula is C22H25N3O2Si. The van der Waals surface area contributed by atoms with Crippen molar-refractivity contribution in [3.8, 4) is 5.69 Å². The van der Waals surface area contributed by atoms with Gasteiger partial charge >= 0.3 is 11.4 Å².